The van der Waals surface area contributed by atoms with Gasteiger partial charge in [0.2, 0.25) is 0 Å². The molecule has 0 saturated carbocycles. The van der Waals surface area contributed by atoms with Crippen LogP contribution in [0, 0.1) is 12.3 Å². The fraction of sp³-hybridized carbons (Fsp3) is 0.444. The largest absolute Gasteiger partial charge is 0.300 e. The molecule has 0 heterocycles. The van der Waals surface area contributed by atoms with Gasteiger partial charge in [0.15, 0.2) is 0 Å². The van der Waals surface area contributed by atoms with Crippen molar-refractivity contribution in [2.24, 2.45) is 0 Å². The lowest BCUT2D eigenvalue weighted by molar-refractivity contribution is -0.116. The molecule has 1 heteroatoms. The van der Waals surface area contributed by atoms with Gasteiger partial charge in [0.25, 0.3) is 0 Å². The summed E-state index contributed by atoms with van der Waals surface area (Å²) in [5.41, 5.74) is 0.904. The van der Waals surface area contributed by atoms with Crippen molar-refractivity contribution in [3.05, 3.63) is 11.6 Å². The molecular weight excluding hydrogens is 124 g/mol. The van der Waals surface area contributed by atoms with Gasteiger partial charge >= 0.3 is 0 Å². The van der Waals surface area contributed by atoms with E-state index in [9.17, 15) is 4.79 Å². The molecule has 0 fully saturated rings. The quantitative estimate of drug-likeness (QED) is 0.542. The highest BCUT2D eigenvalue weighted by Gasteiger charge is 1.89. The van der Waals surface area contributed by atoms with E-state index in [1.54, 1.807) is 6.92 Å². The van der Waals surface area contributed by atoms with Gasteiger partial charge in [-0.25, -0.2) is 0 Å². The monoisotopic (exact) mass is 136 g/mol. The van der Waals surface area contributed by atoms with Crippen LogP contribution < -0.4 is 0 Å². The molecule has 0 atom stereocenters. The maximum Gasteiger partial charge on any atom is 0.130 e. The van der Waals surface area contributed by atoms with Crippen molar-refractivity contribution < 1.29 is 4.79 Å². The van der Waals surface area contributed by atoms with Crippen molar-refractivity contribution >= 4 is 5.78 Å². The van der Waals surface area contributed by atoms with Crippen LogP contribution in [0.1, 0.15) is 26.7 Å². The number of hydrogen-bond acceptors (Lipinski definition) is 1. The lowest BCUT2D eigenvalue weighted by Crippen LogP contribution is -1.86. The van der Waals surface area contributed by atoms with Crippen molar-refractivity contribution in [2.45, 2.75) is 26.7 Å². The summed E-state index contributed by atoms with van der Waals surface area (Å²) in [5.74, 6) is 2.70. The Morgan fingerprint density at radius 2 is 2.20 bits per heavy atom. The predicted octanol–water partition coefficient (Wildman–Crippen LogP) is 1.94. The minimum atomic E-state index is 0.209. The number of Topliss-reactive ketones (excluding diaryl/α,β-unsaturated/α-hetero) is 1. The van der Waals surface area contributed by atoms with Crippen LogP contribution in [0.4, 0.5) is 0 Å². The van der Waals surface area contributed by atoms with Crippen LogP contribution in [0.25, 0.3) is 0 Å². The first kappa shape index (κ1) is 8.97. The number of rotatable bonds is 3. The molecule has 1 nitrogen and oxygen atoms in total. The third-order valence-corrected chi connectivity index (χ3v) is 1.17. The van der Waals surface area contributed by atoms with E-state index in [0.717, 1.165) is 12.0 Å². The fourth-order valence-corrected chi connectivity index (χ4v) is 0.551. The summed E-state index contributed by atoms with van der Waals surface area (Å²) in [5, 5.41) is 0. The lowest BCUT2D eigenvalue weighted by atomic mass is 10.2. The average Bonchev–Trinajstić information content (AvgIpc) is 1.87. The molecule has 0 aromatic rings. The lowest BCUT2D eigenvalue weighted by Gasteiger charge is -1.88. The Labute approximate surface area is 62.1 Å². The topological polar surface area (TPSA) is 17.1 Å². The highest BCUT2D eigenvalue weighted by atomic mass is 16.1. The fourth-order valence-electron chi connectivity index (χ4n) is 0.551. The average molecular weight is 136 g/mol. The van der Waals surface area contributed by atoms with E-state index in [0.29, 0.717) is 6.42 Å². The van der Waals surface area contributed by atoms with Gasteiger partial charge in [-0.1, -0.05) is 12.0 Å². The molecule has 0 amide bonds. The third-order valence-electron chi connectivity index (χ3n) is 1.17. The second-order valence-electron chi connectivity index (χ2n) is 2.27. The molecule has 0 spiro atoms. The van der Waals surface area contributed by atoms with Crippen LogP contribution in [0.15, 0.2) is 11.6 Å². The van der Waals surface area contributed by atoms with Gasteiger partial charge in [0, 0.05) is 6.42 Å². The molecule has 0 aromatic carbocycles. The van der Waals surface area contributed by atoms with Crippen molar-refractivity contribution in [3.8, 4) is 12.3 Å². The summed E-state index contributed by atoms with van der Waals surface area (Å²) in [6.45, 7) is 3.44. The number of hydrogen-bond donors (Lipinski definition) is 0. The van der Waals surface area contributed by atoms with Gasteiger partial charge in [0.1, 0.15) is 5.78 Å². The third kappa shape index (κ3) is 5.11. The molecule has 0 aromatic heterocycles. The van der Waals surface area contributed by atoms with Crippen molar-refractivity contribution in [1.82, 2.24) is 0 Å². The standard InChI is InChI=1S/C9H12O/c1-4-8(2)6-5-7-9(3)10/h1,6H,5,7H2,2-3H3/b8-6-. The Morgan fingerprint density at radius 1 is 1.60 bits per heavy atom. The van der Waals surface area contributed by atoms with Gasteiger partial charge in [-0.15, -0.1) is 6.42 Å². The zero-order valence-electron chi connectivity index (χ0n) is 6.48. The Balaban J connectivity index is 3.56. The van der Waals surface area contributed by atoms with Gasteiger partial charge < -0.3 is 4.79 Å². The Kier molecular flexibility index (Phi) is 4.32. The van der Waals surface area contributed by atoms with Crippen LogP contribution in [-0.4, -0.2) is 5.78 Å². The van der Waals surface area contributed by atoms with Crippen LogP contribution in [0.2, 0.25) is 0 Å². The Morgan fingerprint density at radius 3 is 2.60 bits per heavy atom. The van der Waals surface area contributed by atoms with Crippen LogP contribution in [-0.2, 0) is 4.79 Å². The van der Waals surface area contributed by atoms with Crippen molar-refractivity contribution in [3.63, 3.8) is 0 Å². The number of ketones is 1. The van der Waals surface area contributed by atoms with E-state index in [2.05, 4.69) is 5.92 Å². The van der Waals surface area contributed by atoms with Gasteiger partial charge in [-0.2, -0.15) is 0 Å². The molecule has 54 valence electrons. The van der Waals surface area contributed by atoms with E-state index in [-0.39, 0.29) is 5.78 Å². The smallest absolute Gasteiger partial charge is 0.130 e. The molecule has 0 N–H and O–H groups in total. The van der Waals surface area contributed by atoms with E-state index in [1.165, 1.54) is 0 Å². The molecular formula is C9H12O. The number of carbonyl (C=O) groups excluding carboxylic acids is 1. The van der Waals surface area contributed by atoms with Gasteiger partial charge in [-0.3, -0.25) is 0 Å². The molecule has 0 bridgehead atoms. The molecule has 0 aliphatic carbocycles. The van der Waals surface area contributed by atoms with Crippen LogP contribution in [0.5, 0.6) is 0 Å². The minimum absolute atomic E-state index is 0.209. The first-order valence-corrected chi connectivity index (χ1v) is 3.29. The summed E-state index contributed by atoms with van der Waals surface area (Å²) in [6, 6.07) is 0. The highest BCUT2D eigenvalue weighted by molar-refractivity contribution is 5.75. The molecule has 0 unspecified atom stereocenters. The second-order valence-corrected chi connectivity index (χ2v) is 2.27. The maximum atomic E-state index is 10.4. The SMILES string of the molecule is C#C/C(C)=C\CCC(C)=O. The molecule has 0 saturated heterocycles. The normalized spacial score (nSPS) is 10.7. The molecule has 10 heavy (non-hydrogen) atoms. The van der Waals surface area contributed by atoms with Crippen molar-refractivity contribution in [2.75, 3.05) is 0 Å². The summed E-state index contributed by atoms with van der Waals surface area (Å²) in [7, 11) is 0. The van der Waals surface area contributed by atoms with Crippen LogP contribution in [0.3, 0.4) is 0 Å². The predicted molar refractivity (Wildman–Crippen MR) is 42.5 cm³/mol. The summed E-state index contributed by atoms with van der Waals surface area (Å²) in [4.78, 5) is 10.4. The number of allylic oxidation sites excluding steroid dienone is 2. The zero-order chi connectivity index (χ0) is 7.98. The molecule has 0 rings (SSSR count). The van der Waals surface area contributed by atoms with E-state index < -0.39 is 0 Å². The Hall–Kier alpha value is -1.03. The maximum absolute atomic E-state index is 10.4. The Bertz CT molecular complexity index is 181. The number of carbonyl (C=O) groups is 1. The first-order valence-electron chi connectivity index (χ1n) is 3.29. The second kappa shape index (κ2) is 4.81. The van der Waals surface area contributed by atoms with E-state index in [1.807, 2.05) is 13.0 Å². The molecule has 0 aliphatic heterocycles. The van der Waals surface area contributed by atoms with Crippen LogP contribution >= 0.6 is 0 Å². The molecule has 0 radical (unpaired) electrons. The minimum Gasteiger partial charge on any atom is -0.300 e. The van der Waals surface area contributed by atoms with Crippen molar-refractivity contribution in [1.29, 1.82) is 0 Å². The summed E-state index contributed by atoms with van der Waals surface area (Å²) < 4.78 is 0. The molecule has 0 aliphatic rings. The number of terminal acetylenes is 1. The zero-order valence-corrected chi connectivity index (χ0v) is 6.48. The summed E-state index contributed by atoms with van der Waals surface area (Å²) in [6.07, 6.45) is 8.36. The summed E-state index contributed by atoms with van der Waals surface area (Å²) >= 11 is 0. The van der Waals surface area contributed by atoms with E-state index >= 15 is 0 Å². The van der Waals surface area contributed by atoms with Gasteiger partial charge in [-0.05, 0) is 25.8 Å². The van der Waals surface area contributed by atoms with Gasteiger partial charge in [0.05, 0.1) is 0 Å². The van der Waals surface area contributed by atoms with E-state index in [4.69, 9.17) is 6.42 Å². The first-order chi connectivity index (χ1) is 4.66. The highest BCUT2D eigenvalue weighted by Crippen LogP contribution is 1.96.